The van der Waals surface area contributed by atoms with E-state index in [2.05, 4.69) is 134 Å². The lowest BCUT2D eigenvalue weighted by Gasteiger charge is -2.36. The fourth-order valence-corrected chi connectivity index (χ4v) is 6.74. The third kappa shape index (κ3) is 5.14. The molecule has 0 bridgehead atoms. The zero-order valence-electron chi connectivity index (χ0n) is 22.9. The first-order valence-electron chi connectivity index (χ1n) is 14.3. The van der Waals surface area contributed by atoms with E-state index >= 15 is 0 Å². The molecule has 194 valence electrons. The van der Waals surface area contributed by atoms with Gasteiger partial charge >= 0.3 is 0 Å². The Kier molecular flexibility index (Phi) is 7.32. The SMILES string of the molecule is C=Cc1cc(Cc2ccccc2)c2c3c(ccc(CNc4ccccc4)c13)C(CC)C(Cc1ccccc1)C2. The molecule has 0 aliphatic heterocycles. The van der Waals surface area contributed by atoms with Gasteiger partial charge in [0.25, 0.3) is 0 Å². The summed E-state index contributed by atoms with van der Waals surface area (Å²) in [5.41, 5.74) is 11.1. The van der Waals surface area contributed by atoms with Gasteiger partial charge in [-0.15, -0.1) is 0 Å². The predicted molar refractivity (Wildman–Crippen MR) is 167 cm³/mol. The molecule has 0 fully saturated rings. The standard InChI is InChI=1S/C38H37N/c1-3-29-24-31(22-27-14-8-5-9-15-27)36-25-32(23-28-16-10-6-11-17-28)34(4-2)35-21-20-30(37(29)38(35)36)26-39-33-18-12-7-13-19-33/h3,5-21,24,32,34,39H,1,4,22-23,25-26H2,2H3. The highest BCUT2D eigenvalue weighted by Gasteiger charge is 2.32. The molecular formula is C38H37N. The number of hydrogen-bond donors (Lipinski definition) is 1. The van der Waals surface area contributed by atoms with Crippen LogP contribution in [0.5, 0.6) is 0 Å². The third-order valence-corrected chi connectivity index (χ3v) is 8.56. The highest BCUT2D eigenvalue weighted by Crippen LogP contribution is 2.46. The predicted octanol–water partition coefficient (Wildman–Crippen LogP) is 9.59. The molecule has 0 saturated heterocycles. The maximum atomic E-state index is 4.28. The lowest BCUT2D eigenvalue weighted by Crippen LogP contribution is -2.24. The summed E-state index contributed by atoms with van der Waals surface area (Å²) < 4.78 is 0. The average molecular weight is 508 g/mol. The topological polar surface area (TPSA) is 12.0 Å². The highest BCUT2D eigenvalue weighted by atomic mass is 14.9. The molecule has 0 saturated carbocycles. The fourth-order valence-electron chi connectivity index (χ4n) is 6.74. The second kappa shape index (κ2) is 11.3. The van der Waals surface area contributed by atoms with Gasteiger partial charge in [0, 0.05) is 12.2 Å². The van der Waals surface area contributed by atoms with E-state index in [-0.39, 0.29) is 0 Å². The quantitative estimate of drug-likeness (QED) is 0.209. The van der Waals surface area contributed by atoms with Crippen LogP contribution in [0.3, 0.4) is 0 Å². The molecule has 0 aromatic heterocycles. The summed E-state index contributed by atoms with van der Waals surface area (Å²) in [6, 6.07) is 39.7. The van der Waals surface area contributed by atoms with Crippen LogP contribution in [0.15, 0.2) is 116 Å². The summed E-state index contributed by atoms with van der Waals surface area (Å²) in [4.78, 5) is 0. The van der Waals surface area contributed by atoms with Crippen molar-refractivity contribution < 1.29 is 0 Å². The maximum absolute atomic E-state index is 4.28. The number of anilines is 1. The zero-order chi connectivity index (χ0) is 26.6. The summed E-state index contributed by atoms with van der Waals surface area (Å²) in [5, 5.41) is 6.54. The third-order valence-electron chi connectivity index (χ3n) is 8.56. The molecule has 1 aliphatic rings. The summed E-state index contributed by atoms with van der Waals surface area (Å²) in [7, 11) is 0. The molecule has 1 heteroatoms. The van der Waals surface area contributed by atoms with Crippen molar-refractivity contribution in [1.29, 1.82) is 0 Å². The lowest BCUT2D eigenvalue weighted by molar-refractivity contribution is 0.400. The second-order valence-electron chi connectivity index (χ2n) is 10.9. The highest BCUT2D eigenvalue weighted by molar-refractivity contribution is 5.99. The van der Waals surface area contributed by atoms with Crippen LogP contribution < -0.4 is 5.32 Å². The Morgan fingerprint density at radius 2 is 1.44 bits per heavy atom. The van der Waals surface area contributed by atoms with Gasteiger partial charge in [-0.2, -0.15) is 0 Å². The smallest absolute Gasteiger partial charge is 0.0407 e. The van der Waals surface area contributed by atoms with Crippen LogP contribution >= 0.6 is 0 Å². The Balaban J connectivity index is 1.50. The molecule has 39 heavy (non-hydrogen) atoms. The Morgan fingerprint density at radius 3 is 2.10 bits per heavy atom. The van der Waals surface area contributed by atoms with Gasteiger partial charge in [0.2, 0.25) is 0 Å². The summed E-state index contributed by atoms with van der Waals surface area (Å²) in [5.74, 6) is 1.13. The van der Waals surface area contributed by atoms with Crippen molar-refractivity contribution in [2.75, 3.05) is 5.32 Å². The largest absolute Gasteiger partial charge is 0.381 e. The minimum absolute atomic E-state index is 0.543. The van der Waals surface area contributed by atoms with Gasteiger partial charge < -0.3 is 5.32 Å². The lowest BCUT2D eigenvalue weighted by atomic mass is 9.68. The molecule has 5 aromatic rings. The van der Waals surface area contributed by atoms with Crippen LogP contribution in [0.25, 0.3) is 16.8 Å². The van der Waals surface area contributed by atoms with Crippen LogP contribution in [0, 0.1) is 5.92 Å². The van der Waals surface area contributed by atoms with E-state index in [1.165, 1.54) is 44.2 Å². The van der Waals surface area contributed by atoms with Gasteiger partial charge in [-0.3, -0.25) is 0 Å². The van der Waals surface area contributed by atoms with Crippen molar-refractivity contribution >= 4 is 22.5 Å². The van der Waals surface area contributed by atoms with E-state index in [9.17, 15) is 0 Å². The molecule has 6 rings (SSSR count). The van der Waals surface area contributed by atoms with Gasteiger partial charge in [0.1, 0.15) is 0 Å². The van der Waals surface area contributed by atoms with Crippen molar-refractivity contribution in [2.45, 2.75) is 45.1 Å². The second-order valence-corrected chi connectivity index (χ2v) is 10.9. The van der Waals surface area contributed by atoms with Crippen LogP contribution in [-0.4, -0.2) is 0 Å². The molecule has 1 nitrogen and oxygen atoms in total. The molecule has 0 amide bonds. The van der Waals surface area contributed by atoms with Crippen LogP contribution in [0.4, 0.5) is 5.69 Å². The van der Waals surface area contributed by atoms with Gasteiger partial charge in [-0.25, -0.2) is 0 Å². The van der Waals surface area contributed by atoms with E-state index in [0.29, 0.717) is 11.8 Å². The monoisotopic (exact) mass is 507 g/mol. The van der Waals surface area contributed by atoms with Crippen molar-refractivity contribution in [2.24, 2.45) is 5.92 Å². The number of para-hydroxylation sites is 1. The number of nitrogens with one attached hydrogen (secondary N) is 1. The number of rotatable bonds is 9. The Morgan fingerprint density at radius 1 is 0.769 bits per heavy atom. The molecule has 0 spiro atoms. The molecule has 2 unspecified atom stereocenters. The average Bonchev–Trinajstić information content (AvgIpc) is 2.99. The first-order valence-corrected chi connectivity index (χ1v) is 14.3. The van der Waals surface area contributed by atoms with Gasteiger partial charge in [0.05, 0.1) is 0 Å². The molecular weight excluding hydrogens is 470 g/mol. The summed E-state index contributed by atoms with van der Waals surface area (Å²) in [6.45, 7) is 7.44. The first-order chi connectivity index (χ1) is 19.2. The van der Waals surface area contributed by atoms with E-state index in [4.69, 9.17) is 0 Å². The number of hydrogen-bond acceptors (Lipinski definition) is 1. The van der Waals surface area contributed by atoms with Gasteiger partial charge in [-0.1, -0.05) is 117 Å². The van der Waals surface area contributed by atoms with Crippen molar-refractivity contribution in [3.05, 3.63) is 155 Å². The molecule has 1 aliphatic carbocycles. The Labute approximate surface area is 233 Å². The van der Waals surface area contributed by atoms with Crippen molar-refractivity contribution in [3.8, 4) is 0 Å². The maximum Gasteiger partial charge on any atom is 0.0407 e. The fraction of sp³-hybridized carbons (Fsp3) is 0.211. The van der Waals surface area contributed by atoms with Gasteiger partial charge in [0.15, 0.2) is 0 Å². The Hall–Kier alpha value is -4.10. The van der Waals surface area contributed by atoms with Crippen LogP contribution in [0.1, 0.15) is 58.2 Å². The van der Waals surface area contributed by atoms with Crippen molar-refractivity contribution in [1.82, 2.24) is 0 Å². The Bertz CT molecular complexity index is 1570. The molecule has 5 aromatic carbocycles. The van der Waals surface area contributed by atoms with Gasteiger partial charge in [-0.05, 0) is 99.4 Å². The molecule has 0 heterocycles. The number of benzene rings is 5. The van der Waals surface area contributed by atoms with E-state index < -0.39 is 0 Å². The minimum Gasteiger partial charge on any atom is -0.381 e. The van der Waals surface area contributed by atoms with Crippen molar-refractivity contribution in [3.63, 3.8) is 0 Å². The van der Waals surface area contributed by atoms with Crippen LogP contribution in [0.2, 0.25) is 0 Å². The minimum atomic E-state index is 0.543. The van der Waals surface area contributed by atoms with Crippen LogP contribution in [-0.2, 0) is 25.8 Å². The molecule has 1 N–H and O–H groups in total. The van der Waals surface area contributed by atoms with E-state index in [0.717, 1.165) is 37.9 Å². The normalized spacial score (nSPS) is 16.2. The zero-order valence-corrected chi connectivity index (χ0v) is 22.9. The van der Waals surface area contributed by atoms with E-state index in [1.54, 1.807) is 5.56 Å². The molecule has 0 radical (unpaired) electrons. The summed E-state index contributed by atoms with van der Waals surface area (Å²) >= 11 is 0. The first kappa shape index (κ1) is 25.2. The summed E-state index contributed by atoms with van der Waals surface area (Å²) in [6.07, 6.45) is 6.41. The van der Waals surface area contributed by atoms with E-state index in [1.807, 2.05) is 0 Å². The molecule has 2 atom stereocenters.